The second-order valence-corrected chi connectivity index (χ2v) is 9.18. The number of hydrogen-bond donors (Lipinski definition) is 0. The maximum Gasteiger partial charge on any atom is 0.175 e. The van der Waals surface area contributed by atoms with Gasteiger partial charge in [0.15, 0.2) is 11.5 Å². The van der Waals surface area contributed by atoms with Crippen LogP contribution in [-0.2, 0) is 13.0 Å². The van der Waals surface area contributed by atoms with Crippen LogP contribution < -0.4 is 4.90 Å². The molecule has 0 saturated carbocycles. The summed E-state index contributed by atoms with van der Waals surface area (Å²) in [4.78, 5) is 16.6. The summed E-state index contributed by atoms with van der Waals surface area (Å²) >= 11 is 0. The molecule has 0 N–H and O–H groups in total. The molecule has 32 heavy (non-hydrogen) atoms. The largest absolute Gasteiger partial charge is 0.355 e. The quantitative estimate of drug-likeness (QED) is 0.586. The molecule has 0 radical (unpaired) electrons. The van der Waals surface area contributed by atoms with E-state index in [1.165, 1.54) is 17.7 Å². The van der Waals surface area contributed by atoms with Gasteiger partial charge in [-0.15, -0.1) is 0 Å². The Morgan fingerprint density at radius 1 is 1.16 bits per heavy atom. The molecule has 4 heterocycles. The van der Waals surface area contributed by atoms with Gasteiger partial charge in [-0.25, -0.2) is 9.37 Å². The molecule has 5 rings (SSSR count). The fraction of sp³-hybridized carbons (Fsp3) is 0.520. The topological polar surface area (TPSA) is 39.9 Å². The normalized spacial score (nSPS) is 19.6. The molecule has 1 fully saturated rings. The standard InChI is InChI=1S/C25H33FN6/c1-3-12-31(22-8-4-6-19-7-5-11-27-24(19)22)17-20-18-32-23(10-9-21(26)25(32)28-20)30-15-13-29(2)14-16-30/h5,7,9-11,18,22H,3-4,6,8,12-17H2,1-2H3. The predicted octanol–water partition coefficient (Wildman–Crippen LogP) is 3.91. The molecular formula is C25H33FN6. The van der Waals surface area contributed by atoms with E-state index < -0.39 is 0 Å². The third-order valence-corrected chi connectivity index (χ3v) is 6.90. The minimum Gasteiger partial charge on any atom is -0.355 e. The van der Waals surface area contributed by atoms with E-state index in [9.17, 15) is 4.39 Å². The Bertz CT molecular complexity index is 1070. The van der Waals surface area contributed by atoms with Crippen molar-refractivity contribution in [3.63, 3.8) is 0 Å². The van der Waals surface area contributed by atoms with E-state index in [4.69, 9.17) is 9.97 Å². The van der Waals surface area contributed by atoms with Crippen LogP contribution in [0, 0.1) is 5.82 Å². The minimum atomic E-state index is -0.263. The molecule has 1 unspecified atom stereocenters. The van der Waals surface area contributed by atoms with Gasteiger partial charge in [-0.3, -0.25) is 14.3 Å². The monoisotopic (exact) mass is 436 g/mol. The fourth-order valence-corrected chi connectivity index (χ4v) is 5.22. The number of aryl methyl sites for hydroxylation is 1. The van der Waals surface area contributed by atoms with Gasteiger partial charge in [0.25, 0.3) is 0 Å². The highest BCUT2D eigenvalue weighted by molar-refractivity contribution is 5.54. The van der Waals surface area contributed by atoms with Crippen molar-refractivity contribution in [1.82, 2.24) is 24.2 Å². The van der Waals surface area contributed by atoms with E-state index in [1.807, 2.05) is 28.9 Å². The van der Waals surface area contributed by atoms with Gasteiger partial charge in [0, 0.05) is 45.1 Å². The van der Waals surface area contributed by atoms with Crippen molar-refractivity contribution in [3.8, 4) is 0 Å². The van der Waals surface area contributed by atoms with Crippen molar-refractivity contribution >= 4 is 11.5 Å². The molecule has 1 aliphatic heterocycles. The van der Waals surface area contributed by atoms with E-state index in [1.54, 1.807) is 6.07 Å². The third-order valence-electron chi connectivity index (χ3n) is 6.90. The fourth-order valence-electron chi connectivity index (χ4n) is 5.22. The number of fused-ring (bicyclic) bond motifs is 2. The summed E-state index contributed by atoms with van der Waals surface area (Å²) in [7, 11) is 2.15. The van der Waals surface area contributed by atoms with Crippen LogP contribution in [0.5, 0.6) is 0 Å². The molecule has 3 aromatic heterocycles. The van der Waals surface area contributed by atoms with Gasteiger partial charge in [-0.05, 0) is 63.0 Å². The Balaban J connectivity index is 1.45. The summed E-state index contributed by atoms with van der Waals surface area (Å²) in [5.41, 5.74) is 3.92. The second-order valence-electron chi connectivity index (χ2n) is 9.18. The van der Waals surface area contributed by atoms with Crippen LogP contribution in [0.2, 0.25) is 0 Å². The molecule has 1 aliphatic carbocycles. The average Bonchev–Trinajstić information content (AvgIpc) is 3.24. The zero-order chi connectivity index (χ0) is 22.1. The summed E-state index contributed by atoms with van der Waals surface area (Å²) in [6.07, 6.45) is 8.40. The van der Waals surface area contributed by atoms with E-state index in [-0.39, 0.29) is 5.82 Å². The van der Waals surface area contributed by atoms with E-state index in [0.717, 1.165) is 63.5 Å². The van der Waals surface area contributed by atoms with Crippen molar-refractivity contribution in [1.29, 1.82) is 0 Å². The van der Waals surface area contributed by atoms with Gasteiger partial charge in [0.2, 0.25) is 0 Å². The second kappa shape index (κ2) is 9.16. The highest BCUT2D eigenvalue weighted by atomic mass is 19.1. The molecule has 0 amide bonds. The number of halogens is 1. The zero-order valence-electron chi connectivity index (χ0n) is 19.2. The smallest absolute Gasteiger partial charge is 0.175 e. The maximum absolute atomic E-state index is 14.7. The molecule has 0 bridgehead atoms. The highest BCUT2D eigenvalue weighted by Crippen LogP contribution is 2.34. The van der Waals surface area contributed by atoms with Crippen molar-refractivity contribution in [3.05, 3.63) is 59.4 Å². The van der Waals surface area contributed by atoms with Crippen molar-refractivity contribution in [2.45, 2.75) is 45.2 Å². The molecule has 1 atom stereocenters. The van der Waals surface area contributed by atoms with Crippen molar-refractivity contribution in [2.75, 3.05) is 44.7 Å². The number of hydrogen-bond acceptors (Lipinski definition) is 5. The summed E-state index contributed by atoms with van der Waals surface area (Å²) in [5.74, 6) is 0.765. The van der Waals surface area contributed by atoms with E-state index in [2.05, 4.69) is 34.7 Å². The number of rotatable bonds is 6. The Morgan fingerprint density at radius 2 is 2.00 bits per heavy atom. The zero-order valence-corrected chi connectivity index (χ0v) is 19.2. The summed E-state index contributed by atoms with van der Waals surface area (Å²) in [6.45, 7) is 7.80. The molecule has 6 nitrogen and oxygen atoms in total. The Kier molecular flexibility index (Phi) is 6.11. The van der Waals surface area contributed by atoms with Gasteiger partial charge in [-0.2, -0.15) is 0 Å². The number of piperazine rings is 1. The van der Waals surface area contributed by atoms with Crippen LogP contribution in [0.4, 0.5) is 10.2 Å². The van der Waals surface area contributed by atoms with Crippen LogP contribution in [0.3, 0.4) is 0 Å². The van der Waals surface area contributed by atoms with Gasteiger partial charge < -0.3 is 9.80 Å². The number of anilines is 1. The van der Waals surface area contributed by atoms with Crippen molar-refractivity contribution < 1.29 is 4.39 Å². The van der Waals surface area contributed by atoms with Gasteiger partial charge >= 0.3 is 0 Å². The summed E-state index contributed by atoms with van der Waals surface area (Å²) < 4.78 is 16.7. The summed E-state index contributed by atoms with van der Waals surface area (Å²) in [6, 6.07) is 8.00. The lowest BCUT2D eigenvalue weighted by Crippen LogP contribution is -2.45. The molecule has 0 spiro atoms. The predicted molar refractivity (Wildman–Crippen MR) is 125 cm³/mol. The lowest BCUT2D eigenvalue weighted by atomic mass is 9.90. The van der Waals surface area contributed by atoms with Crippen LogP contribution in [0.15, 0.2) is 36.7 Å². The summed E-state index contributed by atoms with van der Waals surface area (Å²) in [5, 5.41) is 0. The number of imidazole rings is 1. The molecule has 170 valence electrons. The molecular weight excluding hydrogens is 403 g/mol. The van der Waals surface area contributed by atoms with Crippen molar-refractivity contribution in [2.24, 2.45) is 0 Å². The molecule has 1 saturated heterocycles. The van der Waals surface area contributed by atoms with Crippen LogP contribution >= 0.6 is 0 Å². The van der Waals surface area contributed by atoms with E-state index in [0.29, 0.717) is 18.2 Å². The van der Waals surface area contributed by atoms with Crippen LogP contribution in [-0.4, -0.2) is 63.9 Å². The Morgan fingerprint density at radius 3 is 2.81 bits per heavy atom. The number of nitrogens with zero attached hydrogens (tertiary/aromatic N) is 6. The molecule has 2 aliphatic rings. The first-order valence-corrected chi connectivity index (χ1v) is 11.9. The highest BCUT2D eigenvalue weighted by Gasteiger charge is 2.28. The van der Waals surface area contributed by atoms with E-state index >= 15 is 0 Å². The van der Waals surface area contributed by atoms with Gasteiger partial charge in [0.1, 0.15) is 5.82 Å². The van der Waals surface area contributed by atoms with Crippen LogP contribution in [0.1, 0.15) is 49.2 Å². The SMILES string of the molecule is CCCN(Cc1cn2c(N3CCN(C)CC3)ccc(F)c2n1)C1CCCc2cccnc21. The van der Waals surface area contributed by atoms with Gasteiger partial charge in [-0.1, -0.05) is 13.0 Å². The lowest BCUT2D eigenvalue weighted by Gasteiger charge is -2.34. The first-order valence-electron chi connectivity index (χ1n) is 11.9. The number of pyridine rings is 2. The Labute approximate surface area is 189 Å². The number of likely N-dealkylation sites (N-methyl/N-ethyl adjacent to an activating group) is 1. The Hall–Kier alpha value is -2.51. The average molecular weight is 437 g/mol. The number of aromatic nitrogens is 3. The van der Waals surface area contributed by atoms with Crippen LogP contribution in [0.25, 0.3) is 5.65 Å². The molecule has 0 aromatic carbocycles. The lowest BCUT2D eigenvalue weighted by molar-refractivity contribution is 0.164. The van der Waals surface area contributed by atoms with Gasteiger partial charge in [0.05, 0.1) is 17.4 Å². The molecule has 3 aromatic rings. The maximum atomic E-state index is 14.7. The molecule has 7 heteroatoms. The first-order chi connectivity index (χ1) is 15.6. The first kappa shape index (κ1) is 21.3. The third kappa shape index (κ3) is 4.11. The minimum absolute atomic E-state index is 0.263.